The molecular formula is C14H27IN4O4S3. The molecule has 0 aliphatic heterocycles. The lowest BCUT2D eigenvalue weighted by molar-refractivity contribution is 0.580. The molecule has 0 amide bonds. The zero-order chi connectivity index (χ0) is 18.9. The van der Waals surface area contributed by atoms with E-state index in [9.17, 15) is 16.8 Å². The second kappa shape index (κ2) is 12.1. The highest BCUT2D eigenvalue weighted by atomic mass is 127. The molecule has 12 heteroatoms. The van der Waals surface area contributed by atoms with E-state index < -0.39 is 19.9 Å². The molecule has 1 aromatic heterocycles. The van der Waals surface area contributed by atoms with Crippen LogP contribution in [0.15, 0.2) is 26.7 Å². The second-order valence-electron chi connectivity index (χ2n) is 5.55. The van der Waals surface area contributed by atoms with E-state index in [1.807, 2.05) is 13.8 Å². The van der Waals surface area contributed by atoms with E-state index in [-0.39, 0.29) is 53.1 Å². The van der Waals surface area contributed by atoms with Gasteiger partial charge in [0, 0.05) is 25.4 Å². The summed E-state index contributed by atoms with van der Waals surface area (Å²) < 4.78 is 49.2. The minimum Gasteiger partial charge on any atom is -0.357 e. The van der Waals surface area contributed by atoms with Gasteiger partial charge in [0.1, 0.15) is 14.0 Å². The Hall–Kier alpha value is -0.440. The van der Waals surface area contributed by atoms with Gasteiger partial charge in [-0.2, -0.15) is 0 Å². The molecule has 1 aromatic rings. The molecule has 0 aromatic carbocycles. The number of nitrogens with zero attached hydrogens (tertiary/aromatic N) is 1. The van der Waals surface area contributed by atoms with Crippen LogP contribution in [0, 0.1) is 0 Å². The fourth-order valence-corrected chi connectivity index (χ4v) is 4.69. The van der Waals surface area contributed by atoms with Crippen molar-refractivity contribution in [3.05, 3.63) is 17.5 Å². The van der Waals surface area contributed by atoms with Gasteiger partial charge in [0.15, 0.2) is 5.96 Å². The van der Waals surface area contributed by atoms with Crippen LogP contribution in [0.5, 0.6) is 0 Å². The standard InChI is InChI=1S/C14H26N4O4S3.HI/c1-4-15-14(18-12(2)7-11-24(3,19)20)16-8-9-17-25(21,22)13-6-5-10-23-13;/h5-6,10,12,17H,4,7-9,11H2,1-3H3,(H2,15,16,18);1H. The molecular weight excluding hydrogens is 511 g/mol. The minimum atomic E-state index is -3.48. The van der Waals surface area contributed by atoms with Crippen molar-refractivity contribution in [2.24, 2.45) is 4.99 Å². The normalized spacial score (nSPS) is 13.7. The van der Waals surface area contributed by atoms with E-state index in [1.54, 1.807) is 17.5 Å². The Balaban J connectivity index is 0.00000625. The summed E-state index contributed by atoms with van der Waals surface area (Å²) in [5.74, 6) is 0.625. The first-order valence-electron chi connectivity index (χ1n) is 7.90. The van der Waals surface area contributed by atoms with Crippen molar-refractivity contribution < 1.29 is 16.8 Å². The van der Waals surface area contributed by atoms with Crippen LogP contribution in [0.3, 0.4) is 0 Å². The molecule has 1 rings (SSSR count). The lowest BCUT2D eigenvalue weighted by atomic mass is 10.3. The zero-order valence-electron chi connectivity index (χ0n) is 15.1. The minimum absolute atomic E-state index is 0. The van der Waals surface area contributed by atoms with Crippen LogP contribution in [-0.4, -0.2) is 60.5 Å². The summed E-state index contributed by atoms with van der Waals surface area (Å²) in [5.41, 5.74) is 0. The average molecular weight is 538 g/mol. The Bertz CT molecular complexity index is 749. The van der Waals surface area contributed by atoms with Crippen molar-refractivity contribution in [1.82, 2.24) is 15.4 Å². The first-order valence-corrected chi connectivity index (χ1v) is 12.3. The predicted molar refractivity (Wildman–Crippen MR) is 118 cm³/mol. The third kappa shape index (κ3) is 10.6. The number of aliphatic imine (C=N–C) groups is 1. The second-order valence-corrected chi connectivity index (χ2v) is 10.8. The molecule has 0 fully saturated rings. The third-order valence-electron chi connectivity index (χ3n) is 3.08. The maximum atomic E-state index is 12.0. The van der Waals surface area contributed by atoms with Gasteiger partial charge in [0.25, 0.3) is 0 Å². The Morgan fingerprint density at radius 2 is 2.00 bits per heavy atom. The third-order valence-corrected chi connectivity index (χ3v) is 6.92. The van der Waals surface area contributed by atoms with E-state index >= 15 is 0 Å². The Morgan fingerprint density at radius 3 is 2.54 bits per heavy atom. The van der Waals surface area contributed by atoms with Crippen molar-refractivity contribution >= 4 is 61.1 Å². The van der Waals surface area contributed by atoms with E-state index in [1.165, 1.54) is 6.26 Å². The van der Waals surface area contributed by atoms with E-state index in [4.69, 9.17) is 0 Å². The van der Waals surface area contributed by atoms with Crippen LogP contribution in [0.1, 0.15) is 20.3 Å². The van der Waals surface area contributed by atoms with Crippen molar-refractivity contribution in [2.45, 2.75) is 30.5 Å². The van der Waals surface area contributed by atoms with Gasteiger partial charge < -0.3 is 10.6 Å². The van der Waals surface area contributed by atoms with E-state index in [0.717, 1.165) is 11.3 Å². The van der Waals surface area contributed by atoms with Gasteiger partial charge in [-0.3, -0.25) is 4.99 Å². The highest BCUT2D eigenvalue weighted by Gasteiger charge is 2.14. The summed E-state index contributed by atoms with van der Waals surface area (Å²) in [4.78, 5) is 4.30. The molecule has 26 heavy (non-hydrogen) atoms. The number of hydrogen-bond acceptors (Lipinski definition) is 6. The lowest BCUT2D eigenvalue weighted by Crippen LogP contribution is -2.43. The van der Waals surface area contributed by atoms with Gasteiger partial charge >= 0.3 is 0 Å². The first kappa shape index (κ1) is 25.6. The molecule has 1 heterocycles. The van der Waals surface area contributed by atoms with Gasteiger partial charge in [-0.1, -0.05) is 6.07 Å². The topological polar surface area (TPSA) is 117 Å². The number of sulfonamides is 1. The van der Waals surface area contributed by atoms with Crippen LogP contribution in [0.2, 0.25) is 0 Å². The largest absolute Gasteiger partial charge is 0.357 e. The van der Waals surface area contributed by atoms with Crippen molar-refractivity contribution in [1.29, 1.82) is 0 Å². The summed E-state index contributed by atoms with van der Waals surface area (Å²) in [6, 6.07) is 3.16. The number of nitrogens with one attached hydrogen (secondary N) is 3. The lowest BCUT2D eigenvalue weighted by Gasteiger charge is -2.17. The highest BCUT2D eigenvalue weighted by molar-refractivity contribution is 14.0. The molecule has 0 saturated heterocycles. The van der Waals surface area contributed by atoms with Crippen LogP contribution in [0.4, 0.5) is 0 Å². The number of hydrogen-bond donors (Lipinski definition) is 3. The molecule has 1 atom stereocenters. The number of guanidine groups is 1. The Labute approximate surface area is 177 Å². The maximum absolute atomic E-state index is 12.0. The highest BCUT2D eigenvalue weighted by Crippen LogP contribution is 2.14. The van der Waals surface area contributed by atoms with Crippen LogP contribution >= 0.6 is 35.3 Å². The fraction of sp³-hybridized carbons (Fsp3) is 0.643. The first-order chi connectivity index (χ1) is 11.6. The summed E-state index contributed by atoms with van der Waals surface area (Å²) in [5, 5.41) is 7.87. The molecule has 0 bridgehead atoms. The molecule has 0 aliphatic rings. The predicted octanol–water partition coefficient (Wildman–Crippen LogP) is 1.02. The summed E-state index contributed by atoms with van der Waals surface area (Å²) in [6.45, 7) is 4.87. The monoisotopic (exact) mass is 538 g/mol. The van der Waals surface area contributed by atoms with Crippen molar-refractivity contribution in [2.75, 3.05) is 31.6 Å². The van der Waals surface area contributed by atoms with Gasteiger partial charge in [-0.15, -0.1) is 35.3 Å². The van der Waals surface area contributed by atoms with Gasteiger partial charge in [0.05, 0.1) is 12.3 Å². The number of sulfone groups is 1. The van der Waals surface area contributed by atoms with Gasteiger partial charge in [-0.05, 0) is 31.7 Å². The molecule has 0 radical (unpaired) electrons. The summed E-state index contributed by atoms with van der Waals surface area (Å²) in [7, 11) is -6.49. The quantitative estimate of drug-likeness (QED) is 0.177. The molecule has 0 aliphatic carbocycles. The molecule has 152 valence electrons. The summed E-state index contributed by atoms with van der Waals surface area (Å²) >= 11 is 1.16. The molecule has 0 spiro atoms. The molecule has 3 N–H and O–H groups in total. The van der Waals surface area contributed by atoms with Crippen molar-refractivity contribution in [3.8, 4) is 0 Å². The van der Waals surface area contributed by atoms with Crippen LogP contribution in [0.25, 0.3) is 0 Å². The maximum Gasteiger partial charge on any atom is 0.250 e. The number of thiophene rings is 1. The molecule has 8 nitrogen and oxygen atoms in total. The van der Waals surface area contributed by atoms with Crippen molar-refractivity contribution in [3.63, 3.8) is 0 Å². The SMILES string of the molecule is CCNC(=NCCNS(=O)(=O)c1cccs1)NC(C)CCS(C)(=O)=O.I. The number of halogens is 1. The molecule has 0 saturated carbocycles. The van der Waals surface area contributed by atoms with Crippen LogP contribution in [-0.2, 0) is 19.9 Å². The Kier molecular flexibility index (Phi) is 11.9. The molecule has 1 unspecified atom stereocenters. The van der Waals surface area contributed by atoms with Gasteiger partial charge in [0.2, 0.25) is 10.0 Å². The van der Waals surface area contributed by atoms with Gasteiger partial charge in [-0.25, -0.2) is 21.6 Å². The fourth-order valence-electron chi connectivity index (χ4n) is 1.85. The van der Waals surface area contributed by atoms with Crippen LogP contribution < -0.4 is 15.4 Å². The summed E-state index contributed by atoms with van der Waals surface area (Å²) in [6.07, 6.45) is 1.67. The zero-order valence-corrected chi connectivity index (χ0v) is 19.8. The average Bonchev–Trinajstić information content (AvgIpc) is 3.04. The Morgan fingerprint density at radius 1 is 1.31 bits per heavy atom. The smallest absolute Gasteiger partial charge is 0.250 e. The van der Waals surface area contributed by atoms with E-state index in [0.29, 0.717) is 18.9 Å². The van der Waals surface area contributed by atoms with E-state index in [2.05, 4.69) is 20.3 Å². The number of rotatable bonds is 10.